The number of ether oxygens (including phenoxy) is 2. The SMILES string of the molecule is COCCN(Cc1ccc(F)cc1C(=N)N)C(C)COC. The summed E-state index contributed by atoms with van der Waals surface area (Å²) in [7, 11) is 3.31. The second kappa shape index (κ2) is 8.71. The number of benzene rings is 1. The van der Waals surface area contributed by atoms with Gasteiger partial charge in [0.25, 0.3) is 0 Å². The van der Waals surface area contributed by atoms with Crippen molar-refractivity contribution in [2.75, 3.05) is 34.0 Å². The van der Waals surface area contributed by atoms with Gasteiger partial charge >= 0.3 is 0 Å². The number of nitrogen functional groups attached to an aromatic ring is 1. The lowest BCUT2D eigenvalue weighted by Gasteiger charge is -2.29. The van der Waals surface area contributed by atoms with E-state index in [1.165, 1.54) is 12.1 Å². The molecule has 0 bridgehead atoms. The van der Waals surface area contributed by atoms with Crippen LogP contribution in [0.4, 0.5) is 4.39 Å². The fourth-order valence-corrected chi connectivity index (χ4v) is 2.17. The number of halogens is 1. The van der Waals surface area contributed by atoms with E-state index in [9.17, 15) is 4.39 Å². The molecule has 0 aromatic heterocycles. The van der Waals surface area contributed by atoms with Gasteiger partial charge in [-0.3, -0.25) is 10.3 Å². The number of hydrogen-bond acceptors (Lipinski definition) is 4. The largest absolute Gasteiger partial charge is 0.384 e. The van der Waals surface area contributed by atoms with Crippen LogP contribution < -0.4 is 5.73 Å². The Hall–Kier alpha value is -1.50. The van der Waals surface area contributed by atoms with Crippen LogP contribution in [-0.4, -0.2) is 50.8 Å². The van der Waals surface area contributed by atoms with Crippen LogP contribution in [0.5, 0.6) is 0 Å². The van der Waals surface area contributed by atoms with Crippen molar-refractivity contribution in [1.82, 2.24) is 4.90 Å². The molecular formula is C15H24FN3O2. The van der Waals surface area contributed by atoms with E-state index >= 15 is 0 Å². The molecule has 1 aromatic rings. The predicted molar refractivity (Wildman–Crippen MR) is 81.0 cm³/mol. The summed E-state index contributed by atoms with van der Waals surface area (Å²) >= 11 is 0. The molecular weight excluding hydrogens is 273 g/mol. The van der Waals surface area contributed by atoms with Crippen molar-refractivity contribution < 1.29 is 13.9 Å². The molecule has 6 heteroatoms. The van der Waals surface area contributed by atoms with E-state index in [-0.39, 0.29) is 11.9 Å². The van der Waals surface area contributed by atoms with E-state index in [1.54, 1.807) is 20.3 Å². The van der Waals surface area contributed by atoms with Crippen molar-refractivity contribution in [3.63, 3.8) is 0 Å². The summed E-state index contributed by atoms with van der Waals surface area (Å²) in [5.74, 6) is -0.520. The van der Waals surface area contributed by atoms with Crippen LogP contribution in [-0.2, 0) is 16.0 Å². The van der Waals surface area contributed by atoms with Gasteiger partial charge in [-0.05, 0) is 24.6 Å². The van der Waals surface area contributed by atoms with Crippen LogP contribution in [0.15, 0.2) is 18.2 Å². The molecule has 0 amide bonds. The van der Waals surface area contributed by atoms with Crippen LogP contribution in [0.2, 0.25) is 0 Å². The van der Waals surface area contributed by atoms with Gasteiger partial charge in [-0.25, -0.2) is 4.39 Å². The van der Waals surface area contributed by atoms with Gasteiger partial charge in [0.15, 0.2) is 0 Å². The summed E-state index contributed by atoms with van der Waals surface area (Å²) in [5, 5.41) is 7.59. The highest BCUT2D eigenvalue weighted by Crippen LogP contribution is 2.15. The number of hydrogen-bond donors (Lipinski definition) is 2. The quantitative estimate of drug-likeness (QED) is 0.536. The Labute approximate surface area is 125 Å². The summed E-state index contributed by atoms with van der Waals surface area (Å²) in [6.45, 7) is 4.50. The first-order valence-corrected chi connectivity index (χ1v) is 6.84. The maximum absolute atomic E-state index is 13.3. The Kier molecular flexibility index (Phi) is 7.28. The Morgan fingerprint density at radius 3 is 2.67 bits per heavy atom. The Balaban J connectivity index is 2.94. The molecule has 0 fully saturated rings. The summed E-state index contributed by atoms with van der Waals surface area (Å²) in [6.07, 6.45) is 0. The minimum absolute atomic E-state index is 0.129. The van der Waals surface area contributed by atoms with Crippen molar-refractivity contribution in [3.8, 4) is 0 Å². The molecule has 0 spiro atoms. The molecule has 0 heterocycles. The third kappa shape index (κ3) is 5.41. The zero-order chi connectivity index (χ0) is 15.8. The van der Waals surface area contributed by atoms with Crippen LogP contribution in [0.1, 0.15) is 18.1 Å². The Morgan fingerprint density at radius 2 is 2.10 bits per heavy atom. The third-order valence-electron chi connectivity index (χ3n) is 3.35. The topological polar surface area (TPSA) is 71.6 Å². The van der Waals surface area contributed by atoms with Crippen LogP contribution in [0.25, 0.3) is 0 Å². The first-order valence-electron chi connectivity index (χ1n) is 6.84. The van der Waals surface area contributed by atoms with Crippen molar-refractivity contribution >= 4 is 5.84 Å². The number of amidine groups is 1. The minimum atomic E-state index is -0.391. The van der Waals surface area contributed by atoms with E-state index < -0.39 is 5.82 Å². The predicted octanol–water partition coefficient (Wildman–Crippen LogP) is 1.59. The molecule has 1 unspecified atom stereocenters. The van der Waals surface area contributed by atoms with Gasteiger partial charge in [0.05, 0.1) is 13.2 Å². The molecule has 0 aliphatic heterocycles. The van der Waals surface area contributed by atoms with Crippen LogP contribution in [0, 0.1) is 11.2 Å². The maximum Gasteiger partial charge on any atom is 0.123 e. The normalized spacial score (nSPS) is 12.6. The highest BCUT2D eigenvalue weighted by atomic mass is 19.1. The van der Waals surface area contributed by atoms with Gasteiger partial charge in [-0.15, -0.1) is 0 Å². The van der Waals surface area contributed by atoms with Gasteiger partial charge in [-0.1, -0.05) is 6.07 Å². The van der Waals surface area contributed by atoms with E-state index in [4.69, 9.17) is 20.6 Å². The van der Waals surface area contributed by atoms with E-state index in [0.717, 1.165) is 12.1 Å². The average molecular weight is 297 g/mol. The summed E-state index contributed by atoms with van der Waals surface area (Å²) < 4.78 is 23.6. The monoisotopic (exact) mass is 297 g/mol. The number of nitrogens with two attached hydrogens (primary N) is 1. The molecule has 21 heavy (non-hydrogen) atoms. The second-order valence-corrected chi connectivity index (χ2v) is 4.98. The molecule has 0 saturated carbocycles. The summed E-state index contributed by atoms with van der Waals surface area (Å²) in [5.41, 5.74) is 6.80. The summed E-state index contributed by atoms with van der Waals surface area (Å²) in [4.78, 5) is 2.16. The van der Waals surface area contributed by atoms with E-state index in [0.29, 0.717) is 25.3 Å². The molecule has 1 aromatic carbocycles. The van der Waals surface area contributed by atoms with E-state index in [2.05, 4.69) is 11.8 Å². The van der Waals surface area contributed by atoms with Crippen molar-refractivity contribution in [2.45, 2.75) is 19.5 Å². The zero-order valence-corrected chi connectivity index (χ0v) is 12.9. The standard InChI is InChI=1S/C15H24FN3O2/c1-11(10-21-3)19(6-7-20-2)9-12-4-5-13(16)8-14(12)15(17)18/h4-5,8,11H,6-7,9-10H2,1-3H3,(H3,17,18). The zero-order valence-electron chi connectivity index (χ0n) is 12.9. The fourth-order valence-electron chi connectivity index (χ4n) is 2.17. The number of rotatable bonds is 9. The number of nitrogens with one attached hydrogen (secondary N) is 1. The highest BCUT2D eigenvalue weighted by molar-refractivity contribution is 5.96. The van der Waals surface area contributed by atoms with Gasteiger partial charge < -0.3 is 15.2 Å². The van der Waals surface area contributed by atoms with Gasteiger partial charge in [0.1, 0.15) is 11.7 Å². The molecule has 1 rings (SSSR count). The lowest BCUT2D eigenvalue weighted by molar-refractivity contribution is 0.0705. The van der Waals surface area contributed by atoms with Crippen molar-refractivity contribution in [1.29, 1.82) is 5.41 Å². The first kappa shape index (κ1) is 17.6. The maximum atomic E-state index is 13.3. The lowest BCUT2D eigenvalue weighted by atomic mass is 10.1. The average Bonchev–Trinajstić information content (AvgIpc) is 2.44. The second-order valence-electron chi connectivity index (χ2n) is 4.98. The summed E-state index contributed by atoms with van der Waals surface area (Å²) in [6, 6.07) is 4.53. The number of nitrogens with zero attached hydrogens (tertiary/aromatic N) is 1. The fraction of sp³-hybridized carbons (Fsp3) is 0.533. The molecule has 0 saturated heterocycles. The Morgan fingerprint density at radius 1 is 1.38 bits per heavy atom. The first-order chi connectivity index (χ1) is 9.99. The van der Waals surface area contributed by atoms with Gasteiger partial charge in [0, 0.05) is 38.9 Å². The smallest absolute Gasteiger partial charge is 0.123 e. The highest BCUT2D eigenvalue weighted by Gasteiger charge is 2.17. The molecule has 0 radical (unpaired) electrons. The van der Waals surface area contributed by atoms with Crippen LogP contribution in [0.3, 0.4) is 0 Å². The molecule has 0 aliphatic carbocycles. The van der Waals surface area contributed by atoms with Crippen molar-refractivity contribution in [3.05, 3.63) is 35.1 Å². The lowest BCUT2D eigenvalue weighted by Crippen LogP contribution is -2.38. The Bertz CT molecular complexity index is 468. The molecule has 5 nitrogen and oxygen atoms in total. The van der Waals surface area contributed by atoms with Gasteiger partial charge in [-0.2, -0.15) is 0 Å². The third-order valence-corrected chi connectivity index (χ3v) is 3.35. The van der Waals surface area contributed by atoms with Crippen LogP contribution >= 0.6 is 0 Å². The number of methoxy groups -OCH3 is 2. The molecule has 3 N–H and O–H groups in total. The van der Waals surface area contributed by atoms with E-state index in [1.807, 2.05) is 0 Å². The molecule has 118 valence electrons. The molecule has 0 aliphatic rings. The van der Waals surface area contributed by atoms with Gasteiger partial charge in [0.2, 0.25) is 0 Å². The van der Waals surface area contributed by atoms with Crippen molar-refractivity contribution in [2.24, 2.45) is 5.73 Å². The minimum Gasteiger partial charge on any atom is -0.384 e. The molecule has 1 atom stereocenters.